The van der Waals surface area contributed by atoms with E-state index < -0.39 is 0 Å². The Bertz CT molecular complexity index is 89.4. The molecule has 3 nitrogen and oxygen atoms in total. The van der Waals surface area contributed by atoms with Crippen LogP contribution in [0.4, 0.5) is 0 Å². The lowest BCUT2D eigenvalue weighted by Crippen LogP contribution is -1.96. The van der Waals surface area contributed by atoms with Gasteiger partial charge in [0.1, 0.15) is 0 Å². The second kappa shape index (κ2) is 13.1. The number of rotatable bonds is 11. The van der Waals surface area contributed by atoms with E-state index in [2.05, 4.69) is 31.9 Å². The molecule has 0 aromatic carbocycles. The number of hydrogen-bond donors (Lipinski definition) is 0. The summed E-state index contributed by atoms with van der Waals surface area (Å²) in [5, 5.41) is 4.21. The molecule has 0 aliphatic heterocycles. The average molecular weight is 217 g/mol. The molecule has 0 saturated carbocycles. The lowest BCUT2D eigenvalue weighted by Gasteiger charge is -2.01. The highest BCUT2D eigenvalue weighted by Gasteiger charge is 1.92. The quantitative estimate of drug-likeness (QED) is 0.230. The Morgan fingerprint density at radius 1 is 0.857 bits per heavy atom. The van der Waals surface area contributed by atoms with Gasteiger partial charge in [0.2, 0.25) is 0 Å². The maximum atomic E-state index is 4.66. The Morgan fingerprint density at radius 2 is 1.43 bits per heavy atom. The number of unbranched alkanes of at least 4 members (excludes halogenated alkanes) is 7. The van der Waals surface area contributed by atoms with Gasteiger partial charge in [0, 0.05) is 0 Å². The third-order valence-electron chi connectivity index (χ3n) is 2.16. The topological polar surface area (TPSA) is 27.7 Å². The molecule has 0 aliphatic carbocycles. The van der Waals surface area contributed by atoms with Crippen LogP contribution in [0.5, 0.6) is 0 Å². The molecule has 0 aliphatic rings. The van der Waals surface area contributed by atoms with Crippen molar-refractivity contribution in [3.8, 4) is 0 Å². The fraction of sp³-hybridized carbons (Fsp3) is 1.00. The Labute approximate surface area is 90.5 Å². The summed E-state index contributed by atoms with van der Waals surface area (Å²) in [5.74, 6) is 0. The molecule has 0 spiro atoms. The second-order valence-corrected chi connectivity index (χ2v) is 3.61. The summed E-state index contributed by atoms with van der Waals surface area (Å²) in [7, 11) is 2.66. The molecule has 0 fully saturated rings. The smallest absolute Gasteiger partial charge is 0.259 e. The highest BCUT2D eigenvalue weighted by atomic mass is 28.2. The van der Waals surface area contributed by atoms with E-state index in [-0.39, 0.29) is 0 Å². The van der Waals surface area contributed by atoms with Gasteiger partial charge in [-0.05, 0) is 6.42 Å². The van der Waals surface area contributed by atoms with Crippen LogP contribution >= 0.6 is 0 Å². The van der Waals surface area contributed by atoms with Crippen molar-refractivity contribution in [3.05, 3.63) is 0 Å². The van der Waals surface area contributed by atoms with Crippen LogP contribution in [0, 0.1) is 0 Å². The summed E-state index contributed by atoms with van der Waals surface area (Å²) < 4.78 is 4.10. The van der Waals surface area contributed by atoms with Crippen LogP contribution in [0.25, 0.3) is 0 Å². The van der Waals surface area contributed by atoms with Crippen LogP contribution in [0.15, 0.2) is 0 Å². The molecule has 0 N–H and O–H groups in total. The van der Waals surface area contributed by atoms with Crippen LogP contribution in [0.3, 0.4) is 0 Å². The van der Waals surface area contributed by atoms with E-state index >= 15 is 0 Å². The molecule has 0 saturated heterocycles. The van der Waals surface area contributed by atoms with Gasteiger partial charge >= 0.3 is 10.5 Å². The Kier molecular flexibility index (Phi) is 13.2. The third kappa shape index (κ3) is 12.1. The second-order valence-electron chi connectivity index (χ2n) is 3.45. The van der Waals surface area contributed by atoms with E-state index in [1.807, 2.05) is 0 Å². The molecule has 0 aromatic heterocycles. The third-order valence-corrected chi connectivity index (χ3v) is 2.23. The fourth-order valence-corrected chi connectivity index (χ4v) is 1.40. The molecule has 0 amide bonds. The number of hydrogen-bond acceptors (Lipinski definition) is 3. The summed E-state index contributed by atoms with van der Waals surface area (Å²) in [6.07, 6.45) is 10.3. The molecule has 0 atom stereocenters. The minimum atomic E-state index is 0.597. The maximum Gasteiger partial charge on any atom is 0.307 e. The van der Waals surface area contributed by atoms with Gasteiger partial charge in [-0.3, -0.25) is 4.58 Å². The zero-order valence-corrected chi connectivity index (χ0v) is 10.1. The first-order chi connectivity index (χ1) is 6.91. The van der Waals surface area contributed by atoms with Crippen molar-refractivity contribution >= 4 is 10.5 Å². The van der Waals surface area contributed by atoms with Crippen LogP contribution in [-0.2, 0) is 14.5 Å². The molecule has 0 aromatic rings. The van der Waals surface area contributed by atoms with Gasteiger partial charge in [0.15, 0.2) is 0 Å². The highest BCUT2D eigenvalue weighted by Crippen LogP contribution is 2.08. The molecule has 4 heteroatoms. The predicted octanol–water partition coefficient (Wildman–Crippen LogP) is 3.09. The van der Waals surface area contributed by atoms with Crippen molar-refractivity contribution in [1.82, 2.24) is 0 Å². The molecule has 0 rings (SSSR count). The van der Waals surface area contributed by atoms with Gasteiger partial charge in [-0.15, -0.1) is 0 Å². The summed E-state index contributed by atoms with van der Waals surface area (Å²) in [4.78, 5) is 4.66. The van der Waals surface area contributed by atoms with E-state index in [0.29, 0.717) is 6.61 Å². The van der Waals surface area contributed by atoms with Gasteiger partial charge in [0.25, 0.3) is 0 Å². The van der Waals surface area contributed by atoms with Crippen LogP contribution in [0.2, 0.25) is 0 Å². The standard InChI is InChI=1S/C10H21O3Si/c1-2-3-4-5-6-7-8-9-10-11-12-13-14/h2-10H2,1H3. The van der Waals surface area contributed by atoms with Crippen molar-refractivity contribution < 1.29 is 14.5 Å². The van der Waals surface area contributed by atoms with E-state index in [1.165, 1.54) is 44.9 Å². The summed E-state index contributed by atoms with van der Waals surface area (Å²) in [6.45, 7) is 2.84. The Morgan fingerprint density at radius 3 is 2.00 bits per heavy atom. The Hall–Kier alpha value is 0.0969. The lowest BCUT2D eigenvalue weighted by atomic mass is 10.1. The van der Waals surface area contributed by atoms with Gasteiger partial charge in [-0.2, -0.15) is 0 Å². The first-order valence-electron chi connectivity index (χ1n) is 5.53. The molecule has 83 valence electrons. The Balaban J connectivity index is 2.78. The summed E-state index contributed by atoms with van der Waals surface area (Å²) in [6, 6.07) is 0. The molecular formula is C10H21O3Si. The fourth-order valence-electron chi connectivity index (χ4n) is 1.35. The molecule has 14 heavy (non-hydrogen) atoms. The van der Waals surface area contributed by atoms with Gasteiger partial charge in [-0.25, -0.2) is 4.89 Å². The van der Waals surface area contributed by atoms with Crippen molar-refractivity contribution in [2.24, 2.45) is 0 Å². The van der Waals surface area contributed by atoms with Gasteiger partial charge in [-0.1, -0.05) is 56.9 Å². The van der Waals surface area contributed by atoms with Crippen molar-refractivity contribution in [2.45, 2.75) is 58.3 Å². The largest absolute Gasteiger partial charge is 0.307 e. The zero-order chi connectivity index (χ0) is 10.5. The highest BCUT2D eigenvalue weighted by molar-refractivity contribution is 5.97. The summed E-state index contributed by atoms with van der Waals surface area (Å²) >= 11 is 0. The summed E-state index contributed by atoms with van der Waals surface area (Å²) in [5.41, 5.74) is 0. The van der Waals surface area contributed by atoms with Crippen LogP contribution < -0.4 is 0 Å². The van der Waals surface area contributed by atoms with E-state index in [1.54, 1.807) is 0 Å². The van der Waals surface area contributed by atoms with E-state index in [0.717, 1.165) is 6.42 Å². The minimum Gasteiger partial charge on any atom is -0.259 e. The van der Waals surface area contributed by atoms with Crippen molar-refractivity contribution in [3.63, 3.8) is 0 Å². The zero-order valence-electron chi connectivity index (χ0n) is 9.09. The molecule has 0 unspecified atom stereocenters. The molecular weight excluding hydrogens is 196 g/mol. The molecule has 0 bridgehead atoms. The first kappa shape index (κ1) is 14.1. The van der Waals surface area contributed by atoms with Crippen LogP contribution in [0.1, 0.15) is 58.3 Å². The molecule has 0 heterocycles. The van der Waals surface area contributed by atoms with E-state index in [4.69, 9.17) is 0 Å². The van der Waals surface area contributed by atoms with Crippen LogP contribution in [-0.4, -0.2) is 17.1 Å². The van der Waals surface area contributed by atoms with E-state index in [9.17, 15) is 0 Å². The maximum absolute atomic E-state index is 4.66. The first-order valence-corrected chi connectivity index (χ1v) is 5.94. The SMILES string of the molecule is CCCCCCCCCCOOO[Si]. The van der Waals surface area contributed by atoms with Gasteiger partial charge < -0.3 is 0 Å². The monoisotopic (exact) mass is 217 g/mol. The normalized spacial score (nSPS) is 10.7. The van der Waals surface area contributed by atoms with Gasteiger partial charge in [0.05, 0.1) is 6.61 Å². The van der Waals surface area contributed by atoms with Crippen molar-refractivity contribution in [2.75, 3.05) is 6.61 Å². The van der Waals surface area contributed by atoms with Crippen molar-refractivity contribution in [1.29, 1.82) is 0 Å². The average Bonchev–Trinajstić information content (AvgIpc) is 2.21. The lowest BCUT2D eigenvalue weighted by molar-refractivity contribution is -0.467. The minimum absolute atomic E-state index is 0.597. The predicted molar refractivity (Wildman–Crippen MR) is 56.5 cm³/mol. The molecule has 3 radical (unpaired) electrons.